The Morgan fingerprint density at radius 2 is 1.62 bits per heavy atom. The number of rotatable bonds is 9. The molecule has 0 aromatic heterocycles. The highest BCUT2D eigenvalue weighted by atomic mass is 16.5. The predicted octanol–water partition coefficient (Wildman–Crippen LogP) is 3.94. The van der Waals surface area contributed by atoms with Crippen LogP contribution in [-0.4, -0.2) is 55.2 Å². The average molecular weight is 440 g/mol. The van der Waals surface area contributed by atoms with Crippen LogP contribution in [-0.2, 0) is 14.3 Å². The molecule has 0 bridgehead atoms. The van der Waals surface area contributed by atoms with E-state index in [4.69, 9.17) is 14.2 Å². The molecule has 1 amide bonds. The Hall–Kier alpha value is -3.32. The molecule has 1 aliphatic heterocycles. The maximum absolute atomic E-state index is 13.0. The number of ether oxygens (including phenoxy) is 3. The van der Waals surface area contributed by atoms with Gasteiger partial charge in [-0.3, -0.25) is 9.59 Å². The van der Waals surface area contributed by atoms with Gasteiger partial charge in [0, 0.05) is 25.8 Å². The number of carbonyl (C=O) groups excluding carboxylic acids is 2. The lowest BCUT2D eigenvalue weighted by Gasteiger charge is -2.25. The van der Waals surface area contributed by atoms with Crippen LogP contribution >= 0.6 is 0 Å². The fourth-order valence-electron chi connectivity index (χ4n) is 3.74. The number of aliphatic hydroxyl groups excluding tert-OH is 1. The number of benzene rings is 2. The molecule has 1 heterocycles. The van der Waals surface area contributed by atoms with E-state index in [-0.39, 0.29) is 17.4 Å². The fraction of sp³-hybridized carbons (Fsp3) is 0.360. The van der Waals surface area contributed by atoms with E-state index in [1.54, 1.807) is 50.6 Å². The fourth-order valence-corrected chi connectivity index (χ4v) is 3.74. The Morgan fingerprint density at radius 3 is 2.19 bits per heavy atom. The lowest BCUT2D eigenvalue weighted by molar-refractivity contribution is -0.140. The molecule has 3 rings (SSSR count). The van der Waals surface area contributed by atoms with Crippen molar-refractivity contribution in [1.82, 2.24) is 4.90 Å². The van der Waals surface area contributed by atoms with E-state index in [1.807, 2.05) is 26.0 Å². The number of ketones is 1. The minimum Gasteiger partial charge on any atom is -0.507 e. The number of nitrogens with zero attached hydrogens (tertiary/aromatic N) is 1. The van der Waals surface area contributed by atoms with Crippen molar-refractivity contribution in [2.45, 2.75) is 32.4 Å². The van der Waals surface area contributed by atoms with Crippen molar-refractivity contribution in [2.24, 2.45) is 0 Å². The van der Waals surface area contributed by atoms with Crippen molar-refractivity contribution < 1.29 is 28.9 Å². The molecule has 1 fully saturated rings. The van der Waals surface area contributed by atoms with Gasteiger partial charge in [0.2, 0.25) is 0 Å². The molecule has 1 unspecified atom stereocenters. The number of amides is 1. The summed E-state index contributed by atoms with van der Waals surface area (Å²) in [5, 5.41) is 11.1. The summed E-state index contributed by atoms with van der Waals surface area (Å²) < 4.78 is 16.0. The zero-order valence-electron chi connectivity index (χ0n) is 18.8. The Morgan fingerprint density at radius 1 is 1.00 bits per heavy atom. The molecule has 0 spiro atoms. The highest BCUT2D eigenvalue weighted by Gasteiger charge is 2.45. The van der Waals surface area contributed by atoms with E-state index in [2.05, 4.69) is 0 Å². The van der Waals surface area contributed by atoms with E-state index in [0.29, 0.717) is 42.2 Å². The zero-order chi connectivity index (χ0) is 23.3. The molecule has 0 saturated carbocycles. The van der Waals surface area contributed by atoms with Crippen LogP contribution in [0.1, 0.15) is 37.4 Å². The number of aliphatic hydroxyl groups is 1. The molecule has 1 atom stereocenters. The Balaban J connectivity index is 2.05. The number of hydrogen-bond donors (Lipinski definition) is 1. The number of likely N-dealkylation sites (tertiary alicyclic amines) is 1. The maximum atomic E-state index is 13.0. The number of carbonyl (C=O) groups is 2. The number of hydrogen-bond acceptors (Lipinski definition) is 6. The SMILES string of the molecule is COCCCN1C(=O)C(=O)/C(=C(\O)c2ccc(OC)cc2)C1c1ccc(OC(C)C)cc1. The van der Waals surface area contributed by atoms with E-state index in [0.717, 1.165) is 0 Å². The second-order valence-corrected chi connectivity index (χ2v) is 7.80. The van der Waals surface area contributed by atoms with Gasteiger partial charge in [0.1, 0.15) is 17.3 Å². The van der Waals surface area contributed by atoms with Crippen LogP contribution in [0.25, 0.3) is 5.76 Å². The molecule has 32 heavy (non-hydrogen) atoms. The van der Waals surface area contributed by atoms with Gasteiger partial charge < -0.3 is 24.2 Å². The number of Topliss-reactive ketones (excluding diaryl/α,β-unsaturated/α-hetero) is 1. The van der Waals surface area contributed by atoms with Crippen LogP contribution in [0, 0.1) is 0 Å². The summed E-state index contributed by atoms with van der Waals surface area (Å²) in [5.74, 6) is -0.242. The smallest absolute Gasteiger partial charge is 0.295 e. The van der Waals surface area contributed by atoms with Gasteiger partial charge in [-0.2, -0.15) is 0 Å². The minimum absolute atomic E-state index is 0.0237. The predicted molar refractivity (Wildman–Crippen MR) is 121 cm³/mol. The van der Waals surface area contributed by atoms with Gasteiger partial charge in [0.25, 0.3) is 11.7 Å². The largest absolute Gasteiger partial charge is 0.507 e. The Bertz CT molecular complexity index is 978. The van der Waals surface area contributed by atoms with Crippen LogP contribution in [0.4, 0.5) is 0 Å². The quantitative estimate of drug-likeness (QED) is 0.276. The van der Waals surface area contributed by atoms with Gasteiger partial charge in [-0.15, -0.1) is 0 Å². The monoisotopic (exact) mass is 439 g/mol. The molecule has 170 valence electrons. The third-order valence-electron chi connectivity index (χ3n) is 5.22. The Labute approximate surface area is 188 Å². The first-order valence-electron chi connectivity index (χ1n) is 10.6. The summed E-state index contributed by atoms with van der Waals surface area (Å²) >= 11 is 0. The van der Waals surface area contributed by atoms with E-state index in [1.165, 1.54) is 4.90 Å². The van der Waals surface area contributed by atoms with Crippen molar-refractivity contribution in [1.29, 1.82) is 0 Å². The molecule has 1 N–H and O–H groups in total. The summed E-state index contributed by atoms with van der Waals surface area (Å²) in [6, 6.07) is 13.2. The van der Waals surface area contributed by atoms with Crippen molar-refractivity contribution in [2.75, 3.05) is 27.4 Å². The van der Waals surface area contributed by atoms with Crippen LogP contribution in [0.15, 0.2) is 54.1 Å². The molecule has 0 aliphatic carbocycles. The van der Waals surface area contributed by atoms with E-state index < -0.39 is 17.7 Å². The molecular weight excluding hydrogens is 410 g/mol. The van der Waals surface area contributed by atoms with Gasteiger partial charge in [-0.05, 0) is 62.2 Å². The molecule has 0 radical (unpaired) electrons. The first kappa shape index (κ1) is 23.3. The third-order valence-corrected chi connectivity index (χ3v) is 5.22. The van der Waals surface area contributed by atoms with Gasteiger partial charge in [0.05, 0.1) is 24.8 Å². The van der Waals surface area contributed by atoms with Crippen LogP contribution < -0.4 is 9.47 Å². The van der Waals surface area contributed by atoms with Crippen molar-refractivity contribution in [3.63, 3.8) is 0 Å². The number of methoxy groups -OCH3 is 2. The lowest BCUT2D eigenvalue weighted by Crippen LogP contribution is -2.31. The van der Waals surface area contributed by atoms with E-state index >= 15 is 0 Å². The minimum atomic E-state index is -0.706. The standard InChI is InChI=1S/C25H29NO6/c1-16(2)32-20-12-6-17(7-13-20)22-21(23(27)18-8-10-19(31-4)11-9-18)24(28)25(29)26(22)14-5-15-30-3/h6-13,16,22,27H,5,14-15H2,1-4H3/b23-21-. The summed E-state index contributed by atoms with van der Waals surface area (Å²) in [6.07, 6.45) is 0.590. The maximum Gasteiger partial charge on any atom is 0.295 e. The van der Waals surface area contributed by atoms with Gasteiger partial charge in [0.15, 0.2) is 0 Å². The molecule has 7 nitrogen and oxygen atoms in total. The Kier molecular flexibility index (Phi) is 7.53. The van der Waals surface area contributed by atoms with Crippen molar-refractivity contribution in [3.05, 3.63) is 65.2 Å². The van der Waals surface area contributed by atoms with Gasteiger partial charge in [-0.25, -0.2) is 0 Å². The highest BCUT2D eigenvalue weighted by Crippen LogP contribution is 2.40. The topological polar surface area (TPSA) is 85.3 Å². The molecule has 2 aromatic carbocycles. The summed E-state index contributed by atoms with van der Waals surface area (Å²) in [6.45, 7) is 4.66. The summed E-state index contributed by atoms with van der Waals surface area (Å²) in [4.78, 5) is 27.4. The third kappa shape index (κ3) is 4.94. The lowest BCUT2D eigenvalue weighted by atomic mass is 9.95. The normalized spacial score (nSPS) is 17.8. The highest BCUT2D eigenvalue weighted by molar-refractivity contribution is 6.46. The second kappa shape index (κ2) is 10.3. The average Bonchev–Trinajstić information content (AvgIpc) is 3.04. The molecule has 2 aromatic rings. The van der Waals surface area contributed by atoms with Gasteiger partial charge in [-0.1, -0.05) is 12.1 Å². The zero-order valence-corrected chi connectivity index (χ0v) is 18.8. The summed E-state index contributed by atoms with van der Waals surface area (Å²) in [5.41, 5.74) is 1.22. The first-order chi connectivity index (χ1) is 15.4. The van der Waals surface area contributed by atoms with Gasteiger partial charge >= 0.3 is 0 Å². The van der Waals surface area contributed by atoms with Crippen LogP contribution in [0.2, 0.25) is 0 Å². The first-order valence-corrected chi connectivity index (χ1v) is 10.6. The van der Waals surface area contributed by atoms with Crippen LogP contribution in [0.5, 0.6) is 11.5 Å². The molecule has 1 saturated heterocycles. The van der Waals surface area contributed by atoms with Crippen molar-refractivity contribution >= 4 is 17.4 Å². The molecular formula is C25H29NO6. The molecule has 1 aliphatic rings. The summed E-state index contributed by atoms with van der Waals surface area (Å²) in [7, 11) is 3.13. The molecule has 7 heteroatoms. The van der Waals surface area contributed by atoms with Crippen LogP contribution in [0.3, 0.4) is 0 Å². The van der Waals surface area contributed by atoms with Crippen molar-refractivity contribution in [3.8, 4) is 11.5 Å². The second-order valence-electron chi connectivity index (χ2n) is 7.80. The van der Waals surface area contributed by atoms with E-state index in [9.17, 15) is 14.7 Å².